The summed E-state index contributed by atoms with van der Waals surface area (Å²) in [5.41, 5.74) is 9.78. The number of nitrogen functional groups attached to an aromatic ring is 1. The number of aromatic amines is 1. The lowest BCUT2D eigenvalue weighted by molar-refractivity contribution is 0.103. The zero-order valence-corrected chi connectivity index (χ0v) is 22.4. The number of nitrogens with zero attached hydrogens (tertiary/aromatic N) is 3. The molecular formula is C25H19F2IN6O2S. The van der Waals surface area contributed by atoms with Crippen molar-refractivity contribution in [2.24, 2.45) is 0 Å². The molecule has 0 unspecified atom stereocenters. The van der Waals surface area contributed by atoms with E-state index in [1.807, 2.05) is 18.4 Å². The van der Waals surface area contributed by atoms with E-state index in [9.17, 15) is 13.6 Å². The number of H-pyrrole nitrogens is 1. The lowest BCUT2D eigenvalue weighted by Crippen LogP contribution is -2.09. The number of aryl methyl sites for hydroxylation is 1. The van der Waals surface area contributed by atoms with Crippen molar-refractivity contribution in [1.82, 2.24) is 19.7 Å². The van der Waals surface area contributed by atoms with Crippen molar-refractivity contribution < 1.29 is 18.3 Å². The predicted octanol–water partition coefficient (Wildman–Crippen LogP) is 6.24. The van der Waals surface area contributed by atoms with Crippen LogP contribution in [0.1, 0.15) is 21.6 Å². The zero-order valence-electron chi connectivity index (χ0n) is 19.5. The summed E-state index contributed by atoms with van der Waals surface area (Å²) in [6, 6.07) is 10.6. The molecule has 0 amide bonds. The highest BCUT2D eigenvalue weighted by Gasteiger charge is 2.21. The van der Waals surface area contributed by atoms with Crippen LogP contribution in [0.4, 0.5) is 20.3 Å². The average molecular weight is 632 g/mol. The number of benzene rings is 2. The van der Waals surface area contributed by atoms with Crippen molar-refractivity contribution in [3.8, 4) is 17.3 Å². The highest BCUT2D eigenvalue weighted by atomic mass is 127. The van der Waals surface area contributed by atoms with Gasteiger partial charge in [-0.25, -0.2) is 18.4 Å². The minimum Gasteiger partial charge on any atom is -0.433 e. The molecule has 0 aliphatic heterocycles. The van der Waals surface area contributed by atoms with Gasteiger partial charge in [-0.05, 0) is 65.4 Å². The van der Waals surface area contributed by atoms with Crippen molar-refractivity contribution in [3.63, 3.8) is 0 Å². The summed E-state index contributed by atoms with van der Waals surface area (Å²) in [6.45, 7) is 1.74. The maximum absolute atomic E-state index is 13.9. The monoisotopic (exact) mass is 632 g/mol. The Morgan fingerprint density at radius 3 is 2.65 bits per heavy atom. The zero-order chi connectivity index (χ0) is 26.3. The van der Waals surface area contributed by atoms with Gasteiger partial charge in [0, 0.05) is 26.8 Å². The van der Waals surface area contributed by atoms with Gasteiger partial charge in [-0.3, -0.25) is 4.79 Å². The molecule has 0 spiro atoms. The second-order valence-corrected chi connectivity index (χ2v) is 9.83. The summed E-state index contributed by atoms with van der Waals surface area (Å²) in [6.07, 6.45) is 4.74. The SMILES string of the molecule is CSNc1cc2[nH]c(C(=O)c3cnn(-c4cnc(Oc5c(F)cccc5F)cc4C)c3N)cc2cc1I. The van der Waals surface area contributed by atoms with Crippen molar-refractivity contribution >= 4 is 62.7 Å². The molecule has 8 nitrogen and oxygen atoms in total. The number of anilines is 2. The van der Waals surface area contributed by atoms with E-state index in [2.05, 4.69) is 42.4 Å². The smallest absolute Gasteiger partial charge is 0.219 e. The van der Waals surface area contributed by atoms with Crippen LogP contribution in [0.15, 0.2) is 54.9 Å². The van der Waals surface area contributed by atoms with Crippen LogP contribution in [0.3, 0.4) is 0 Å². The van der Waals surface area contributed by atoms with E-state index in [1.54, 1.807) is 13.0 Å². The second kappa shape index (κ2) is 10.0. The number of ether oxygens (including phenoxy) is 1. The fourth-order valence-corrected chi connectivity index (χ4v) is 5.02. The van der Waals surface area contributed by atoms with Gasteiger partial charge in [0.2, 0.25) is 17.4 Å². The van der Waals surface area contributed by atoms with Crippen LogP contribution in [-0.2, 0) is 0 Å². The van der Waals surface area contributed by atoms with E-state index >= 15 is 0 Å². The topological polar surface area (TPSA) is 111 Å². The van der Waals surface area contributed by atoms with Gasteiger partial charge in [0.05, 0.1) is 35.0 Å². The molecule has 3 heterocycles. The molecule has 0 saturated heterocycles. The van der Waals surface area contributed by atoms with Crippen LogP contribution in [0.25, 0.3) is 16.6 Å². The highest BCUT2D eigenvalue weighted by Crippen LogP contribution is 2.31. The predicted molar refractivity (Wildman–Crippen MR) is 149 cm³/mol. The molecule has 4 N–H and O–H groups in total. The minimum atomic E-state index is -0.841. The maximum Gasteiger partial charge on any atom is 0.219 e. The molecule has 5 rings (SSSR count). The Hall–Kier alpha value is -3.65. The number of hydrogen-bond donors (Lipinski definition) is 3. The maximum atomic E-state index is 13.9. The third kappa shape index (κ3) is 4.73. The number of fused-ring (bicyclic) bond motifs is 1. The Morgan fingerprint density at radius 1 is 1.19 bits per heavy atom. The van der Waals surface area contributed by atoms with Crippen molar-refractivity contribution in [1.29, 1.82) is 0 Å². The number of rotatable bonds is 7. The molecule has 188 valence electrons. The van der Waals surface area contributed by atoms with Crippen LogP contribution < -0.4 is 15.2 Å². The molecule has 0 bridgehead atoms. The van der Waals surface area contributed by atoms with Gasteiger partial charge in [-0.15, -0.1) is 0 Å². The number of nitrogens with one attached hydrogen (secondary N) is 2. The second-order valence-electron chi connectivity index (χ2n) is 8.05. The first-order valence-electron chi connectivity index (χ1n) is 10.8. The molecule has 5 aromatic rings. The number of nitrogens with two attached hydrogens (primary N) is 1. The molecule has 12 heteroatoms. The summed E-state index contributed by atoms with van der Waals surface area (Å²) in [5, 5.41) is 5.18. The Labute approximate surface area is 227 Å². The van der Waals surface area contributed by atoms with E-state index in [-0.39, 0.29) is 23.0 Å². The lowest BCUT2D eigenvalue weighted by atomic mass is 10.1. The number of hydrogen-bond acceptors (Lipinski definition) is 7. The van der Waals surface area contributed by atoms with Crippen LogP contribution >= 0.6 is 34.5 Å². The minimum absolute atomic E-state index is 0.00434. The summed E-state index contributed by atoms with van der Waals surface area (Å²) in [5.74, 6) is -2.41. The number of carbonyl (C=O) groups is 1. The number of pyridine rings is 1. The molecule has 2 aromatic carbocycles. The number of carbonyl (C=O) groups excluding carboxylic acids is 1. The molecule has 0 saturated carbocycles. The molecule has 3 aromatic heterocycles. The largest absolute Gasteiger partial charge is 0.433 e. The molecule has 37 heavy (non-hydrogen) atoms. The van der Waals surface area contributed by atoms with Gasteiger partial charge in [0.25, 0.3) is 0 Å². The summed E-state index contributed by atoms with van der Waals surface area (Å²) in [4.78, 5) is 20.6. The van der Waals surface area contributed by atoms with Gasteiger partial charge in [-0.1, -0.05) is 18.0 Å². The van der Waals surface area contributed by atoms with Crippen LogP contribution in [0.2, 0.25) is 0 Å². The van der Waals surface area contributed by atoms with Gasteiger partial charge in [-0.2, -0.15) is 5.10 Å². The van der Waals surface area contributed by atoms with Gasteiger partial charge >= 0.3 is 0 Å². The summed E-state index contributed by atoms with van der Waals surface area (Å²) >= 11 is 3.72. The first-order valence-corrected chi connectivity index (χ1v) is 13.2. The first kappa shape index (κ1) is 25.0. The molecule has 0 aliphatic carbocycles. The van der Waals surface area contributed by atoms with Crippen LogP contribution in [0, 0.1) is 22.1 Å². The van der Waals surface area contributed by atoms with Gasteiger partial charge in [0.15, 0.2) is 11.6 Å². The highest BCUT2D eigenvalue weighted by molar-refractivity contribution is 14.1. The quantitative estimate of drug-likeness (QED) is 0.111. The number of ketones is 1. The van der Waals surface area contributed by atoms with Crippen molar-refractivity contribution in [2.45, 2.75) is 6.92 Å². The molecule has 0 atom stereocenters. The van der Waals surface area contributed by atoms with Crippen molar-refractivity contribution in [3.05, 3.63) is 86.9 Å². The Morgan fingerprint density at radius 2 is 1.95 bits per heavy atom. The fourth-order valence-electron chi connectivity index (χ4n) is 3.82. The van der Waals surface area contributed by atoms with E-state index in [1.165, 1.54) is 41.2 Å². The molecule has 0 radical (unpaired) electrons. The molecule has 0 aliphatic rings. The molecular weight excluding hydrogens is 613 g/mol. The van der Waals surface area contributed by atoms with Gasteiger partial charge < -0.3 is 20.2 Å². The normalized spacial score (nSPS) is 11.2. The molecule has 0 fully saturated rings. The van der Waals surface area contributed by atoms with E-state index in [0.717, 1.165) is 32.3 Å². The third-order valence-corrected chi connectivity index (χ3v) is 6.94. The number of halogens is 3. The van der Waals surface area contributed by atoms with E-state index in [4.69, 9.17) is 10.5 Å². The summed E-state index contributed by atoms with van der Waals surface area (Å²) in [7, 11) is 0. The average Bonchev–Trinajstić information content (AvgIpc) is 3.45. The summed E-state index contributed by atoms with van der Waals surface area (Å²) < 4.78 is 38.8. The van der Waals surface area contributed by atoms with Gasteiger partial charge in [0.1, 0.15) is 5.82 Å². The Kier molecular flexibility index (Phi) is 6.77. The standard InChI is InChI=1S/C25H19F2IN6O2S/c1-12-6-22(36-24-15(26)4-3-5-16(24)27)30-11-21(12)34-25(29)14(10-31-34)23(35)20-8-13-7-17(28)19(33-37-2)9-18(13)32-20/h3-11,32-33H,29H2,1-2H3. The first-order chi connectivity index (χ1) is 17.8. The Bertz CT molecular complexity index is 1650. The number of para-hydroxylation sites is 1. The van der Waals surface area contributed by atoms with Crippen molar-refractivity contribution in [2.75, 3.05) is 16.7 Å². The van der Waals surface area contributed by atoms with E-state index in [0.29, 0.717) is 16.9 Å². The fraction of sp³-hybridized carbons (Fsp3) is 0.0800. The van der Waals surface area contributed by atoms with Crippen LogP contribution in [0.5, 0.6) is 11.6 Å². The number of aromatic nitrogens is 4. The van der Waals surface area contributed by atoms with Crippen LogP contribution in [-0.4, -0.2) is 31.8 Å². The third-order valence-electron chi connectivity index (χ3n) is 5.63. The Balaban J connectivity index is 1.43. The lowest BCUT2D eigenvalue weighted by Gasteiger charge is -2.11. The van der Waals surface area contributed by atoms with E-state index < -0.39 is 17.4 Å².